The maximum atomic E-state index is 9.82. The maximum absolute atomic E-state index is 9.82. The van der Waals surface area contributed by atoms with Crippen LogP contribution in [0.4, 0.5) is 0 Å². The summed E-state index contributed by atoms with van der Waals surface area (Å²) in [4.78, 5) is 9.82. The topological polar surface area (TPSA) is 81.5 Å². The van der Waals surface area contributed by atoms with Gasteiger partial charge in [0.1, 0.15) is 0 Å². The molecule has 0 atom stereocenters. The van der Waals surface area contributed by atoms with Crippen molar-refractivity contribution in [1.29, 1.82) is 0 Å². The Balaban J connectivity index is 0. The van der Waals surface area contributed by atoms with Crippen molar-refractivity contribution < 1.29 is 14.6 Å². The molecular weight excluding hydrogens is 122 g/mol. The summed E-state index contributed by atoms with van der Waals surface area (Å²) < 4.78 is 4.63. The second-order valence-corrected chi connectivity index (χ2v) is 1.49. The minimum absolute atomic E-state index is 0. The largest absolute Gasteiger partial charge is 0.481 e. The number of carboxylic acids is 1. The van der Waals surface area contributed by atoms with Gasteiger partial charge in [-0.15, -0.1) is 0 Å². The van der Waals surface area contributed by atoms with Crippen LogP contribution < -0.4 is 6.15 Å². The third-order valence-electron chi connectivity index (χ3n) is 0.739. The number of carboxylic acid groups (broad SMARTS) is 1. The van der Waals surface area contributed by atoms with E-state index in [0.29, 0.717) is 13.0 Å². The minimum Gasteiger partial charge on any atom is -0.481 e. The van der Waals surface area contributed by atoms with Crippen molar-refractivity contribution in [2.45, 2.75) is 12.8 Å². The van der Waals surface area contributed by atoms with E-state index >= 15 is 0 Å². The Labute approximate surface area is 54.4 Å². The molecule has 0 bridgehead atoms. The molecule has 0 heterocycles. The number of carbonyl (C=O) groups is 1. The number of ether oxygens (including phenoxy) is 1. The van der Waals surface area contributed by atoms with Gasteiger partial charge in [0.25, 0.3) is 0 Å². The van der Waals surface area contributed by atoms with Crippen molar-refractivity contribution in [3.63, 3.8) is 0 Å². The van der Waals surface area contributed by atoms with Crippen LogP contribution in [0.1, 0.15) is 12.8 Å². The Morgan fingerprint density at radius 2 is 2.22 bits per heavy atom. The van der Waals surface area contributed by atoms with Crippen molar-refractivity contribution >= 4 is 5.97 Å². The first kappa shape index (κ1) is 11.2. The molecule has 0 aliphatic rings. The van der Waals surface area contributed by atoms with Crippen molar-refractivity contribution in [1.82, 2.24) is 6.15 Å². The Morgan fingerprint density at radius 1 is 1.67 bits per heavy atom. The zero-order chi connectivity index (χ0) is 6.41. The summed E-state index contributed by atoms with van der Waals surface area (Å²) in [7, 11) is 1.56. The van der Waals surface area contributed by atoms with Gasteiger partial charge in [-0.25, -0.2) is 0 Å². The van der Waals surface area contributed by atoms with E-state index in [4.69, 9.17) is 5.11 Å². The summed E-state index contributed by atoms with van der Waals surface area (Å²) in [6.07, 6.45) is 0.805. The monoisotopic (exact) mass is 135 g/mol. The molecule has 0 aromatic heterocycles. The lowest BCUT2D eigenvalue weighted by molar-refractivity contribution is -0.137. The van der Waals surface area contributed by atoms with E-state index in [2.05, 4.69) is 4.74 Å². The fraction of sp³-hybridized carbons (Fsp3) is 0.800. The molecule has 0 unspecified atom stereocenters. The van der Waals surface area contributed by atoms with Crippen LogP contribution in [0.2, 0.25) is 0 Å². The molecule has 0 aromatic carbocycles. The Bertz CT molecular complexity index is 74.6. The van der Waals surface area contributed by atoms with Gasteiger partial charge in [-0.3, -0.25) is 4.79 Å². The summed E-state index contributed by atoms with van der Waals surface area (Å²) in [6, 6.07) is 0. The summed E-state index contributed by atoms with van der Waals surface area (Å²) in [5.74, 6) is -0.762. The fourth-order valence-corrected chi connectivity index (χ4v) is 0.368. The predicted octanol–water partition coefficient (Wildman–Crippen LogP) is 0.660. The summed E-state index contributed by atoms with van der Waals surface area (Å²) in [5, 5.41) is 8.08. The first-order chi connectivity index (χ1) is 3.77. The van der Waals surface area contributed by atoms with E-state index in [-0.39, 0.29) is 12.6 Å². The quantitative estimate of drug-likeness (QED) is 0.555. The second-order valence-electron chi connectivity index (χ2n) is 1.49. The highest BCUT2D eigenvalue weighted by molar-refractivity contribution is 5.66. The normalized spacial score (nSPS) is 8.11. The van der Waals surface area contributed by atoms with E-state index in [9.17, 15) is 4.79 Å². The highest BCUT2D eigenvalue weighted by Gasteiger charge is 1.93. The molecule has 0 saturated heterocycles. The smallest absolute Gasteiger partial charge is 0.303 e. The molecule has 9 heavy (non-hydrogen) atoms. The number of hydrogen-bond donors (Lipinski definition) is 2. The highest BCUT2D eigenvalue weighted by Crippen LogP contribution is 1.86. The first-order valence-electron chi connectivity index (χ1n) is 2.48. The molecule has 4 nitrogen and oxygen atoms in total. The second kappa shape index (κ2) is 7.39. The van der Waals surface area contributed by atoms with Gasteiger partial charge in [0.15, 0.2) is 0 Å². The van der Waals surface area contributed by atoms with Gasteiger partial charge in [0.05, 0.1) is 0 Å². The Morgan fingerprint density at radius 3 is 2.56 bits per heavy atom. The fourth-order valence-electron chi connectivity index (χ4n) is 0.368. The lowest BCUT2D eigenvalue weighted by Gasteiger charge is -1.91. The Hall–Kier alpha value is -0.610. The van der Waals surface area contributed by atoms with Crippen LogP contribution in [-0.4, -0.2) is 24.8 Å². The zero-order valence-electron chi connectivity index (χ0n) is 5.59. The molecule has 0 aliphatic carbocycles. The van der Waals surface area contributed by atoms with Gasteiger partial charge >= 0.3 is 5.97 Å². The van der Waals surface area contributed by atoms with E-state index in [1.807, 2.05) is 0 Å². The molecule has 4 N–H and O–H groups in total. The SMILES string of the molecule is COCCCC(=O)O.N. The number of methoxy groups -OCH3 is 1. The average Bonchev–Trinajstić information content (AvgIpc) is 1.66. The summed E-state index contributed by atoms with van der Waals surface area (Å²) in [6.45, 7) is 0.534. The molecule has 0 saturated carbocycles. The lowest BCUT2D eigenvalue weighted by Crippen LogP contribution is -1.97. The van der Waals surface area contributed by atoms with E-state index in [0.717, 1.165) is 0 Å². The van der Waals surface area contributed by atoms with Gasteiger partial charge < -0.3 is 16.0 Å². The number of aliphatic carboxylic acids is 1. The molecule has 0 aliphatic heterocycles. The van der Waals surface area contributed by atoms with Gasteiger partial charge in [-0.2, -0.15) is 0 Å². The highest BCUT2D eigenvalue weighted by atomic mass is 16.5. The molecule has 0 radical (unpaired) electrons. The van der Waals surface area contributed by atoms with Gasteiger partial charge in [-0.05, 0) is 6.42 Å². The van der Waals surface area contributed by atoms with Crippen LogP contribution in [0.3, 0.4) is 0 Å². The predicted molar refractivity (Wildman–Crippen MR) is 33.8 cm³/mol. The Kier molecular flexibility index (Phi) is 9.21. The van der Waals surface area contributed by atoms with Crippen LogP contribution in [-0.2, 0) is 9.53 Å². The number of rotatable bonds is 4. The average molecular weight is 135 g/mol. The lowest BCUT2D eigenvalue weighted by atomic mass is 10.3. The number of hydrogen-bond acceptors (Lipinski definition) is 3. The van der Waals surface area contributed by atoms with Crippen LogP contribution in [0, 0.1) is 0 Å². The van der Waals surface area contributed by atoms with Crippen LogP contribution >= 0.6 is 0 Å². The molecule has 56 valence electrons. The molecular formula is C5H13NO3. The third kappa shape index (κ3) is 11.1. The maximum Gasteiger partial charge on any atom is 0.303 e. The summed E-state index contributed by atoms with van der Waals surface area (Å²) >= 11 is 0. The van der Waals surface area contributed by atoms with E-state index < -0.39 is 5.97 Å². The molecule has 0 spiro atoms. The van der Waals surface area contributed by atoms with Crippen LogP contribution in [0.15, 0.2) is 0 Å². The van der Waals surface area contributed by atoms with Crippen molar-refractivity contribution in [2.24, 2.45) is 0 Å². The van der Waals surface area contributed by atoms with E-state index in [1.54, 1.807) is 7.11 Å². The molecule has 4 heteroatoms. The minimum atomic E-state index is -0.762. The molecule has 0 rings (SSSR count). The van der Waals surface area contributed by atoms with Crippen molar-refractivity contribution in [2.75, 3.05) is 13.7 Å². The molecule has 0 amide bonds. The zero-order valence-corrected chi connectivity index (χ0v) is 5.59. The van der Waals surface area contributed by atoms with E-state index in [1.165, 1.54) is 0 Å². The summed E-state index contributed by atoms with van der Waals surface area (Å²) in [5.41, 5.74) is 0. The van der Waals surface area contributed by atoms with Gasteiger partial charge in [0, 0.05) is 20.1 Å². The molecule has 0 fully saturated rings. The third-order valence-corrected chi connectivity index (χ3v) is 0.739. The standard InChI is InChI=1S/C5H10O3.H3N/c1-8-4-2-3-5(6)7;/h2-4H2,1H3,(H,6,7);1H3. The van der Waals surface area contributed by atoms with Crippen LogP contribution in [0.25, 0.3) is 0 Å². The first-order valence-corrected chi connectivity index (χ1v) is 2.48. The van der Waals surface area contributed by atoms with Gasteiger partial charge in [-0.1, -0.05) is 0 Å². The molecule has 0 aromatic rings. The van der Waals surface area contributed by atoms with Crippen molar-refractivity contribution in [3.8, 4) is 0 Å². The van der Waals surface area contributed by atoms with Crippen molar-refractivity contribution in [3.05, 3.63) is 0 Å². The van der Waals surface area contributed by atoms with Gasteiger partial charge in [0.2, 0.25) is 0 Å². The van der Waals surface area contributed by atoms with Crippen LogP contribution in [0.5, 0.6) is 0 Å².